The number of carboxylic acids is 2. The van der Waals surface area contributed by atoms with Crippen LogP contribution < -0.4 is 0 Å². The molecule has 0 fully saturated rings. The highest BCUT2D eigenvalue weighted by Crippen LogP contribution is 1.97. The third-order valence-electron chi connectivity index (χ3n) is 1.56. The van der Waals surface area contributed by atoms with Gasteiger partial charge in [-0.05, 0) is 0 Å². The predicted molar refractivity (Wildman–Crippen MR) is 55.5 cm³/mol. The standard InChI is InChI=1S/C10H10O8/c1-5(7(11)12)9(15)17-3-4-18-10(16)6(2)8(13)14/h1-4H2,(H,11,12)(H,13,14). The first kappa shape index (κ1) is 15.4. The second kappa shape index (κ2) is 6.84. The zero-order valence-corrected chi connectivity index (χ0v) is 9.17. The summed E-state index contributed by atoms with van der Waals surface area (Å²) in [5.74, 6) is -5.40. The second-order valence-corrected chi connectivity index (χ2v) is 2.84. The van der Waals surface area contributed by atoms with Crippen molar-refractivity contribution in [2.45, 2.75) is 0 Å². The van der Waals surface area contributed by atoms with E-state index in [0.29, 0.717) is 0 Å². The molecule has 0 radical (unpaired) electrons. The van der Waals surface area contributed by atoms with Gasteiger partial charge in [0.2, 0.25) is 0 Å². The summed E-state index contributed by atoms with van der Waals surface area (Å²) in [6.45, 7) is 5.04. The second-order valence-electron chi connectivity index (χ2n) is 2.84. The monoisotopic (exact) mass is 258 g/mol. The van der Waals surface area contributed by atoms with E-state index in [-0.39, 0.29) is 0 Å². The fraction of sp³-hybridized carbons (Fsp3) is 0.200. The molecular formula is C10H10O8. The van der Waals surface area contributed by atoms with E-state index in [0.717, 1.165) is 0 Å². The van der Waals surface area contributed by atoms with Gasteiger partial charge in [-0.25, -0.2) is 19.2 Å². The molecule has 0 aromatic rings. The molecular weight excluding hydrogens is 248 g/mol. The zero-order chi connectivity index (χ0) is 14.3. The van der Waals surface area contributed by atoms with E-state index in [1.54, 1.807) is 0 Å². The van der Waals surface area contributed by atoms with Gasteiger partial charge in [-0.15, -0.1) is 0 Å². The summed E-state index contributed by atoms with van der Waals surface area (Å²) in [6, 6.07) is 0. The largest absolute Gasteiger partial charge is 0.477 e. The molecule has 0 aromatic carbocycles. The first-order valence-electron chi connectivity index (χ1n) is 4.46. The van der Waals surface area contributed by atoms with Crippen molar-refractivity contribution in [3.8, 4) is 0 Å². The Morgan fingerprint density at radius 2 is 1.06 bits per heavy atom. The maximum absolute atomic E-state index is 10.9. The lowest BCUT2D eigenvalue weighted by Crippen LogP contribution is -2.20. The number of esters is 2. The first-order chi connectivity index (χ1) is 8.27. The van der Waals surface area contributed by atoms with Crippen molar-refractivity contribution in [3.63, 3.8) is 0 Å². The molecule has 18 heavy (non-hydrogen) atoms. The lowest BCUT2D eigenvalue weighted by Gasteiger charge is -2.05. The Hall–Kier alpha value is -2.64. The summed E-state index contributed by atoms with van der Waals surface area (Å²) < 4.78 is 8.76. The number of carboxylic acid groups (broad SMARTS) is 2. The van der Waals surface area contributed by atoms with Crippen LogP contribution in [0.1, 0.15) is 0 Å². The minimum absolute atomic E-state index is 0.427. The summed E-state index contributed by atoms with van der Waals surface area (Å²) >= 11 is 0. The number of hydrogen-bond donors (Lipinski definition) is 2. The summed E-state index contributed by atoms with van der Waals surface area (Å²) in [7, 11) is 0. The van der Waals surface area contributed by atoms with Gasteiger partial charge in [0, 0.05) is 0 Å². The fourth-order valence-electron chi connectivity index (χ4n) is 0.618. The van der Waals surface area contributed by atoms with Crippen LogP contribution in [0.4, 0.5) is 0 Å². The van der Waals surface area contributed by atoms with Crippen LogP contribution in [0, 0.1) is 0 Å². The number of carbonyl (C=O) groups is 4. The molecule has 8 nitrogen and oxygen atoms in total. The molecule has 98 valence electrons. The normalized spacial score (nSPS) is 9.11. The van der Waals surface area contributed by atoms with Crippen LogP contribution in [0.5, 0.6) is 0 Å². The van der Waals surface area contributed by atoms with E-state index in [4.69, 9.17) is 10.2 Å². The van der Waals surface area contributed by atoms with Crippen LogP contribution in [0.2, 0.25) is 0 Å². The highest BCUT2D eigenvalue weighted by Gasteiger charge is 2.17. The number of aliphatic carboxylic acids is 2. The number of hydrogen-bond acceptors (Lipinski definition) is 6. The van der Waals surface area contributed by atoms with E-state index in [1.807, 2.05) is 0 Å². The lowest BCUT2D eigenvalue weighted by atomic mass is 10.3. The molecule has 0 spiro atoms. The molecule has 0 unspecified atom stereocenters. The van der Waals surface area contributed by atoms with Crippen LogP contribution in [0.25, 0.3) is 0 Å². The van der Waals surface area contributed by atoms with Crippen molar-refractivity contribution in [1.82, 2.24) is 0 Å². The quantitative estimate of drug-likeness (QED) is 0.203. The van der Waals surface area contributed by atoms with Gasteiger partial charge in [-0.3, -0.25) is 0 Å². The molecule has 0 saturated heterocycles. The maximum atomic E-state index is 10.9. The Balaban J connectivity index is 3.95. The molecule has 0 aliphatic carbocycles. The van der Waals surface area contributed by atoms with Crippen molar-refractivity contribution in [3.05, 3.63) is 24.3 Å². The first-order valence-corrected chi connectivity index (χ1v) is 4.46. The van der Waals surface area contributed by atoms with Crippen LogP contribution in [-0.4, -0.2) is 47.3 Å². The summed E-state index contributed by atoms with van der Waals surface area (Å²) in [4.78, 5) is 42.4. The SMILES string of the molecule is C=C(C(=O)O)C(=O)OCCOC(=O)C(=C)C(=O)O. The van der Waals surface area contributed by atoms with Crippen LogP contribution in [0.3, 0.4) is 0 Å². The molecule has 0 amide bonds. The van der Waals surface area contributed by atoms with Gasteiger partial charge in [0.15, 0.2) is 0 Å². The van der Waals surface area contributed by atoms with E-state index in [2.05, 4.69) is 22.6 Å². The summed E-state index contributed by atoms with van der Waals surface area (Å²) in [5.41, 5.74) is -1.53. The molecule has 0 aromatic heterocycles. The average Bonchev–Trinajstić information content (AvgIpc) is 2.31. The smallest absolute Gasteiger partial charge is 0.345 e. The molecule has 0 heterocycles. The minimum atomic E-state index is -1.53. The van der Waals surface area contributed by atoms with E-state index < -0.39 is 48.2 Å². The minimum Gasteiger partial charge on any atom is -0.477 e. The molecule has 0 saturated carbocycles. The molecule has 0 aliphatic heterocycles. The van der Waals surface area contributed by atoms with Crippen molar-refractivity contribution in [2.24, 2.45) is 0 Å². The molecule has 0 aliphatic rings. The van der Waals surface area contributed by atoms with Gasteiger partial charge >= 0.3 is 23.9 Å². The summed E-state index contributed by atoms with van der Waals surface area (Å²) in [5, 5.41) is 16.7. The Morgan fingerprint density at radius 1 is 0.778 bits per heavy atom. The highest BCUT2D eigenvalue weighted by molar-refractivity contribution is 6.13. The third kappa shape index (κ3) is 4.92. The third-order valence-corrected chi connectivity index (χ3v) is 1.56. The molecule has 2 N–H and O–H groups in total. The Bertz CT molecular complexity index is 380. The van der Waals surface area contributed by atoms with Crippen LogP contribution >= 0.6 is 0 Å². The van der Waals surface area contributed by atoms with Gasteiger partial charge in [-0.2, -0.15) is 0 Å². The molecule has 0 atom stereocenters. The van der Waals surface area contributed by atoms with E-state index >= 15 is 0 Å². The lowest BCUT2D eigenvalue weighted by molar-refractivity contribution is -0.151. The zero-order valence-electron chi connectivity index (χ0n) is 9.17. The number of carbonyl (C=O) groups excluding carboxylic acids is 2. The topological polar surface area (TPSA) is 127 Å². The van der Waals surface area contributed by atoms with E-state index in [9.17, 15) is 19.2 Å². The predicted octanol–water partition coefficient (Wildman–Crippen LogP) is -0.646. The van der Waals surface area contributed by atoms with Crippen molar-refractivity contribution < 1.29 is 38.9 Å². The molecule has 0 bridgehead atoms. The van der Waals surface area contributed by atoms with E-state index in [1.165, 1.54) is 0 Å². The van der Waals surface area contributed by atoms with Crippen molar-refractivity contribution >= 4 is 23.9 Å². The Labute approximate surface area is 101 Å². The number of ether oxygens (including phenoxy) is 2. The Kier molecular flexibility index (Phi) is 5.84. The van der Waals surface area contributed by atoms with Crippen LogP contribution in [0.15, 0.2) is 24.3 Å². The van der Waals surface area contributed by atoms with Crippen molar-refractivity contribution in [1.29, 1.82) is 0 Å². The van der Waals surface area contributed by atoms with Crippen molar-refractivity contribution in [2.75, 3.05) is 13.2 Å². The van der Waals surface area contributed by atoms with Gasteiger partial charge in [0.05, 0.1) is 0 Å². The number of rotatable bonds is 7. The van der Waals surface area contributed by atoms with Crippen LogP contribution in [-0.2, 0) is 28.7 Å². The summed E-state index contributed by atoms with van der Waals surface area (Å²) in [6.07, 6.45) is 0. The van der Waals surface area contributed by atoms with Gasteiger partial charge in [-0.1, -0.05) is 13.2 Å². The maximum Gasteiger partial charge on any atom is 0.345 e. The Morgan fingerprint density at radius 3 is 1.28 bits per heavy atom. The van der Waals surface area contributed by atoms with Gasteiger partial charge in [0.1, 0.15) is 24.4 Å². The average molecular weight is 258 g/mol. The van der Waals surface area contributed by atoms with Gasteiger partial charge < -0.3 is 19.7 Å². The molecule has 8 heteroatoms. The van der Waals surface area contributed by atoms with Gasteiger partial charge in [0.25, 0.3) is 0 Å². The highest BCUT2D eigenvalue weighted by atomic mass is 16.6. The molecule has 0 rings (SSSR count). The fourth-order valence-corrected chi connectivity index (χ4v) is 0.618.